The second-order valence-corrected chi connectivity index (χ2v) is 5.46. The number of phenolic OH excluding ortho intramolecular Hbond substituents is 1. The number of hydrogen-bond donors (Lipinski definition) is 1. The quantitative estimate of drug-likeness (QED) is 0.799. The fourth-order valence-corrected chi connectivity index (χ4v) is 2.77. The van der Waals surface area contributed by atoms with Gasteiger partial charge in [0.05, 0.1) is 18.2 Å². The van der Waals surface area contributed by atoms with Crippen LogP contribution in [0.2, 0.25) is 0 Å². The van der Waals surface area contributed by atoms with Crippen LogP contribution in [0.25, 0.3) is 0 Å². The average molecular weight is 322 g/mol. The number of hydrogen-bond acceptors (Lipinski definition) is 5. The Balaban J connectivity index is 1.72. The van der Waals surface area contributed by atoms with Gasteiger partial charge in [0.1, 0.15) is 17.6 Å². The second kappa shape index (κ2) is 5.73. The molecule has 1 unspecified atom stereocenters. The highest BCUT2D eigenvalue weighted by Crippen LogP contribution is 2.34. The predicted octanol–water partition coefficient (Wildman–Crippen LogP) is 3.57. The van der Waals surface area contributed by atoms with Gasteiger partial charge in [-0.25, -0.2) is 5.01 Å². The van der Waals surface area contributed by atoms with Gasteiger partial charge in [0, 0.05) is 12.0 Å². The summed E-state index contributed by atoms with van der Waals surface area (Å²) in [4.78, 5) is 12.7. The van der Waals surface area contributed by atoms with E-state index < -0.39 is 0 Å². The molecule has 2 aromatic heterocycles. The van der Waals surface area contributed by atoms with E-state index in [4.69, 9.17) is 8.83 Å². The van der Waals surface area contributed by atoms with Crippen LogP contribution < -0.4 is 0 Å². The van der Waals surface area contributed by atoms with Crippen LogP contribution >= 0.6 is 0 Å². The maximum absolute atomic E-state index is 12.7. The van der Waals surface area contributed by atoms with Gasteiger partial charge in [-0.1, -0.05) is 12.1 Å². The molecule has 1 aliphatic heterocycles. The lowest BCUT2D eigenvalue weighted by molar-refractivity contribution is 0.0660. The number of phenols is 1. The summed E-state index contributed by atoms with van der Waals surface area (Å²) in [5.41, 5.74) is 1.47. The van der Waals surface area contributed by atoms with Crippen molar-refractivity contribution >= 4 is 11.6 Å². The zero-order valence-electron chi connectivity index (χ0n) is 12.6. The lowest BCUT2D eigenvalue weighted by atomic mass is 10.0. The molecule has 0 bridgehead atoms. The average Bonchev–Trinajstić information content (AvgIpc) is 3.33. The smallest absolute Gasteiger partial charge is 0.310 e. The van der Waals surface area contributed by atoms with E-state index in [1.54, 1.807) is 42.7 Å². The van der Waals surface area contributed by atoms with Crippen molar-refractivity contribution < 1.29 is 18.7 Å². The van der Waals surface area contributed by atoms with Crippen molar-refractivity contribution in [3.8, 4) is 5.75 Å². The van der Waals surface area contributed by atoms with Crippen LogP contribution in [0.4, 0.5) is 0 Å². The summed E-state index contributed by atoms with van der Waals surface area (Å²) in [7, 11) is 0. The van der Waals surface area contributed by atoms with E-state index in [-0.39, 0.29) is 23.5 Å². The van der Waals surface area contributed by atoms with Crippen molar-refractivity contribution in [1.29, 1.82) is 0 Å². The van der Waals surface area contributed by atoms with E-state index in [9.17, 15) is 9.90 Å². The maximum atomic E-state index is 12.7. The normalized spacial score (nSPS) is 17.1. The summed E-state index contributed by atoms with van der Waals surface area (Å²) < 4.78 is 10.7. The van der Waals surface area contributed by atoms with Gasteiger partial charge in [-0.3, -0.25) is 4.79 Å². The van der Waals surface area contributed by atoms with Crippen LogP contribution in [0.5, 0.6) is 5.75 Å². The number of furan rings is 2. The molecule has 1 N–H and O–H groups in total. The lowest BCUT2D eigenvalue weighted by Gasteiger charge is -2.18. The second-order valence-electron chi connectivity index (χ2n) is 5.46. The zero-order chi connectivity index (χ0) is 16.5. The fourth-order valence-electron chi connectivity index (χ4n) is 2.77. The highest BCUT2D eigenvalue weighted by molar-refractivity contribution is 6.04. The SMILES string of the molecule is O=C(c1ccco1)N1N=C(c2cccc(O)c2)CC1c1ccco1. The number of carbonyl (C=O) groups excluding carboxylic acids is 1. The molecule has 1 atom stereocenters. The molecule has 0 saturated heterocycles. The summed E-state index contributed by atoms with van der Waals surface area (Å²) >= 11 is 0. The largest absolute Gasteiger partial charge is 0.508 e. The van der Waals surface area contributed by atoms with Crippen molar-refractivity contribution in [1.82, 2.24) is 5.01 Å². The lowest BCUT2D eigenvalue weighted by Crippen LogP contribution is -2.26. The van der Waals surface area contributed by atoms with Crippen molar-refractivity contribution in [2.45, 2.75) is 12.5 Å². The van der Waals surface area contributed by atoms with Crippen LogP contribution in [0.15, 0.2) is 75.0 Å². The summed E-state index contributed by atoms with van der Waals surface area (Å²) in [6.07, 6.45) is 3.51. The Bertz CT molecular complexity index is 882. The molecule has 1 aromatic carbocycles. The monoisotopic (exact) mass is 322 g/mol. The molecule has 0 saturated carbocycles. The Kier molecular flexibility index (Phi) is 3.42. The fraction of sp³-hybridized carbons (Fsp3) is 0.111. The topological polar surface area (TPSA) is 79.2 Å². The molecule has 120 valence electrons. The Hall–Kier alpha value is -3.28. The molecule has 0 aliphatic carbocycles. The van der Waals surface area contributed by atoms with Gasteiger partial charge in [0.2, 0.25) is 0 Å². The third-order valence-electron chi connectivity index (χ3n) is 3.90. The Morgan fingerprint density at radius 1 is 1.12 bits per heavy atom. The Morgan fingerprint density at radius 2 is 1.96 bits per heavy atom. The minimum absolute atomic E-state index is 0.153. The molecule has 0 fully saturated rings. The van der Waals surface area contributed by atoms with E-state index in [2.05, 4.69) is 5.10 Å². The molecule has 0 radical (unpaired) electrons. The van der Waals surface area contributed by atoms with E-state index >= 15 is 0 Å². The first-order chi connectivity index (χ1) is 11.7. The van der Waals surface area contributed by atoms with Gasteiger partial charge < -0.3 is 13.9 Å². The first-order valence-corrected chi connectivity index (χ1v) is 7.50. The number of carbonyl (C=O) groups is 1. The van der Waals surface area contributed by atoms with Crippen LogP contribution in [-0.2, 0) is 0 Å². The van der Waals surface area contributed by atoms with Crippen LogP contribution in [0, 0.1) is 0 Å². The van der Waals surface area contributed by atoms with Gasteiger partial charge in [0.25, 0.3) is 0 Å². The number of rotatable bonds is 3. The molecule has 6 nitrogen and oxygen atoms in total. The zero-order valence-corrected chi connectivity index (χ0v) is 12.6. The van der Waals surface area contributed by atoms with Crippen molar-refractivity contribution in [2.75, 3.05) is 0 Å². The van der Waals surface area contributed by atoms with Gasteiger partial charge in [0.15, 0.2) is 5.76 Å². The van der Waals surface area contributed by atoms with E-state index in [0.717, 1.165) is 5.56 Å². The van der Waals surface area contributed by atoms with E-state index in [0.29, 0.717) is 17.9 Å². The molecular formula is C18H14N2O4. The summed E-state index contributed by atoms with van der Waals surface area (Å²) in [5, 5.41) is 15.5. The van der Waals surface area contributed by atoms with Gasteiger partial charge in [-0.2, -0.15) is 5.10 Å². The molecule has 3 heterocycles. The molecule has 1 amide bonds. The van der Waals surface area contributed by atoms with Gasteiger partial charge in [-0.15, -0.1) is 0 Å². The minimum Gasteiger partial charge on any atom is -0.508 e. The van der Waals surface area contributed by atoms with Crippen molar-refractivity contribution in [3.05, 3.63) is 78.1 Å². The number of nitrogens with zero attached hydrogens (tertiary/aromatic N) is 2. The number of benzene rings is 1. The van der Waals surface area contributed by atoms with Crippen LogP contribution in [-0.4, -0.2) is 21.7 Å². The van der Waals surface area contributed by atoms with E-state index in [1.807, 2.05) is 12.1 Å². The number of aromatic hydroxyl groups is 1. The molecule has 6 heteroatoms. The maximum Gasteiger partial charge on any atom is 0.310 e. The first-order valence-electron chi connectivity index (χ1n) is 7.50. The summed E-state index contributed by atoms with van der Waals surface area (Å²) in [6, 6.07) is 13.3. The standard InChI is InChI=1S/C18H14N2O4/c21-13-5-1-4-12(10-13)14-11-15(16-6-2-8-23-16)20(19-14)18(22)17-7-3-9-24-17/h1-10,15,21H,11H2. The third kappa shape index (κ3) is 2.48. The third-order valence-corrected chi connectivity index (χ3v) is 3.90. The number of hydrazone groups is 1. The predicted molar refractivity (Wildman–Crippen MR) is 85.6 cm³/mol. The first kappa shape index (κ1) is 14.3. The number of amides is 1. The van der Waals surface area contributed by atoms with Crippen LogP contribution in [0.1, 0.15) is 34.3 Å². The molecular weight excluding hydrogens is 308 g/mol. The molecule has 3 aromatic rings. The van der Waals surface area contributed by atoms with Crippen molar-refractivity contribution in [3.63, 3.8) is 0 Å². The summed E-state index contributed by atoms with van der Waals surface area (Å²) in [5.74, 6) is 0.679. The molecule has 4 rings (SSSR count). The molecule has 1 aliphatic rings. The molecule has 0 spiro atoms. The highest BCUT2D eigenvalue weighted by atomic mass is 16.3. The van der Waals surface area contributed by atoms with Crippen molar-refractivity contribution in [2.24, 2.45) is 5.10 Å². The van der Waals surface area contributed by atoms with Crippen LogP contribution in [0.3, 0.4) is 0 Å². The Morgan fingerprint density at radius 3 is 2.67 bits per heavy atom. The highest BCUT2D eigenvalue weighted by Gasteiger charge is 2.36. The summed E-state index contributed by atoms with van der Waals surface area (Å²) in [6.45, 7) is 0. The van der Waals surface area contributed by atoms with Gasteiger partial charge in [-0.05, 0) is 36.4 Å². The Labute approximate surface area is 137 Å². The van der Waals surface area contributed by atoms with E-state index in [1.165, 1.54) is 11.3 Å². The van der Waals surface area contributed by atoms with Gasteiger partial charge >= 0.3 is 5.91 Å². The minimum atomic E-state index is -0.352. The molecule has 24 heavy (non-hydrogen) atoms.